The van der Waals surface area contributed by atoms with Crippen LogP contribution in [-0.2, 0) is 9.13 Å². The molecule has 18 heteroatoms. The summed E-state index contributed by atoms with van der Waals surface area (Å²) in [7, 11) is -10.8. The number of phenols is 3. The van der Waals surface area contributed by atoms with Crippen molar-refractivity contribution in [1.82, 2.24) is 0 Å². The van der Waals surface area contributed by atoms with Gasteiger partial charge in [0.05, 0.1) is 5.56 Å². The fourth-order valence-electron chi connectivity index (χ4n) is 0.728. The molecule has 1 rings (SSSR count). The van der Waals surface area contributed by atoms with Crippen molar-refractivity contribution in [1.29, 1.82) is 0 Å². The number of carbonyl (C=O) groups is 1. The summed E-state index contributed by atoms with van der Waals surface area (Å²) in [6.45, 7) is 0. The number of carboxylic acid groups (broad SMARTS) is 1. The molecular formula is C7H6Ca3O13P2. The van der Waals surface area contributed by atoms with E-state index in [1.165, 1.54) is 0 Å². The number of aromatic hydroxyl groups is 3. The van der Waals surface area contributed by atoms with Gasteiger partial charge in [0.25, 0.3) is 0 Å². The molecular weight excluding hydrogens is 474 g/mol. The zero-order valence-electron chi connectivity index (χ0n) is 12.1. The van der Waals surface area contributed by atoms with E-state index in [4.69, 9.17) is 58.9 Å². The van der Waals surface area contributed by atoms with Gasteiger partial charge < -0.3 is 58.9 Å². The van der Waals surface area contributed by atoms with Crippen LogP contribution in [0.2, 0.25) is 0 Å². The first kappa shape index (κ1) is 37.8. The summed E-state index contributed by atoms with van der Waals surface area (Å²) in [5, 5.41) is 35.0. The van der Waals surface area contributed by atoms with E-state index in [1.807, 2.05) is 0 Å². The Kier molecular flexibility index (Phi) is 25.7. The molecule has 25 heavy (non-hydrogen) atoms. The normalized spacial score (nSPS) is 9.36. The van der Waals surface area contributed by atoms with Crippen LogP contribution in [0.1, 0.15) is 10.4 Å². The van der Waals surface area contributed by atoms with Crippen LogP contribution < -0.4 is 29.4 Å². The molecule has 0 aliphatic heterocycles. The number of carboxylic acids is 1. The first-order valence-corrected chi connectivity index (χ1v) is 7.39. The first-order chi connectivity index (χ1) is 9.52. The topological polar surface area (TPSA) is 270 Å². The third-order valence-corrected chi connectivity index (χ3v) is 1.32. The van der Waals surface area contributed by atoms with E-state index in [2.05, 4.69) is 0 Å². The third kappa shape index (κ3) is 31.0. The van der Waals surface area contributed by atoms with Gasteiger partial charge in [-0.25, -0.2) is 4.79 Å². The van der Waals surface area contributed by atoms with Crippen molar-refractivity contribution < 1.29 is 63.7 Å². The van der Waals surface area contributed by atoms with Gasteiger partial charge in [-0.3, -0.25) is 0 Å². The van der Waals surface area contributed by atoms with Gasteiger partial charge in [0, 0.05) is 0 Å². The minimum Gasteiger partial charge on any atom is -0.822 e. The largest absolute Gasteiger partial charge is 2.00 e. The van der Waals surface area contributed by atoms with Gasteiger partial charge in [0.2, 0.25) is 0 Å². The summed E-state index contributed by atoms with van der Waals surface area (Å²) in [5.74, 6) is -3.33. The summed E-state index contributed by atoms with van der Waals surface area (Å²) in [4.78, 5) is 61.6. The molecule has 0 heterocycles. The standard InChI is InChI=1S/C7H6O5.3Ca.2H3O4P/c8-4-1-3(7(11)12)2-5(9)6(4)10;;;;2*1-5(2,3)4/h1-2,8-10H,(H,11,12);;;;2*(H3,1,2,3,4)/q;3*+2;;/p-6. The maximum absolute atomic E-state index is 10.3. The van der Waals surface area contributed by atoms with Crippen LogP contribution in [0.25, 0.3) is 0 Å². The first-order valence-electron chi connectivity index (χ1n) is 4.46. The Hall–Kier alpha value is 2.09. The molecule has 1 aromatic carbocycles. The third-order valence-electron chi connectivity index (χ3n) is 1.32. The number of aromatic carboxylic acids is 1. The van der Waals surface area contributed by atoms with Crippen LogP contribution in [-0.4, -0.2) is 140 Å². The Morgan fingerprint density at radius 1 is 0.760 bits per heavy atom. The molecule has 0 radical (unpaired) electrons. The minimum absolute atomic E-state index is 0. The number of phenolic OH excluding ortho intramolecular Hbond substituents is 3. The molecule has 13 nitrogen and oxygen atoms in total. The Morgan fingerprint density at radius 3 is 1.12 bits per heavy atom. The molecule has 0 atom stereocenters. The second-order valence-electron chi connectivity index (χ2n) is 3.06. The van der Waals surface area contributed by atoms with Gasteiger partial charge in [0.15, 0.2) is 17.2 Å². The molecule has 0 fully saturated rings. The van der Waals surface area contributed by atoms with Crippen LogP contribution in [0, 0.1) is 0 Å². The van der Waals surface area contributed by atoms with E-state index in [-0.39, 0.29) is 119 Å². The van der Waals surface area contributed by atoms with Crippen molar-refractivity contribution in [2.75, 3.05) is 0 Å². The van der Waals surface area contributed by atoms with Gasteiger partial charge in [-0.05, 0) is 12.1 Å². The fourth-order valence-corrected chi connectivity index (χ4v) is 0.728. The Morgan fingerprint density at radius 2 is 0.960 bits per heavy atom. The molecule has 128 valence electrons. The van der Waals surface area contributed by atoms with Crippen LogP contribution in [0.5, 0.6) is 17.2 Å². The van der Waals surface area contributed by atoms with Gasteiger partial charge in [-0.2, -0.15) is 15.6 Å². The number of benzene rings is 1. The second-order valence-corrected chi connectivity index (χ2v) is 4.85. The molecule has 0 unspecified atom stereocenters. The second kappa shape index (κ2) is 17.0. The molecule has 1 aromatic rings. The van der Waals surface area contributed by atoms with Gasteiger partial charge in [-0.15, -0.1) is 0 Å². The van der Waals surface area contributed by atoms with Crippen LogP contribution in [0.15, 0.2) is 12.1 Å². The average molecular weight is 480 g/mol. The quantitative estimate of drug-likeness (QED) is 0.166. The van der Waals surface area contributed by atoms with E-state index >= 15 is 0 Å². The van der Waals surface area contributed by atoms with E-state index in [0.29, 0.717) is 0 Å². The van der Waals surface area contributed by atoms with Crippen molar-refractivity contribution in [2.45, 2.75) is 0 Å². The van der Waals surface area contributed by atoms with Crippen molar-refractivity contribution in [3.8, 4) is 17.2 Å². The molecule has 4 N–H and O–H groups in total. The maximum atomic E-state index is 10.3. The monoisotopic (exact) mass is 480 g/mol. The van der Waals surface area contributed by atoms with Crippen LogP contribution in [0.4, 0.5) is 0 Å². The minimum atomic E-state index is -5.39. The zero-order chi connectivity index (χ0) is 18.3. The zero-order valence-corrected chi connectivity index (χ0v) is 20.5. The van der Waals surface area contributed by atoms with E-state index < -0.39 is 38.9 Å². The SMILES string of the molecule is O=C(O)c1cc(O)c(O)c(O)c1.O=P([O-])([O-])[O-].O=P([O-])([O-])[O-].[Ca+2].[Ca+2].[Ca+2]. The molecule has 0 saturated heterocycles. The number of hydrogen-bond acceptors (Lipinski definition) is 12. The van der Waals surface area contributed by atoms with Gasteiger partial charge in [-0.1, -0.05) is 0 Å². The van der Waals surface area contributed by atoms with Crippen molar-refractivity contribution in [3.63, 3.8) is 0 Å². The number of hydrogen-bond donors (Lipinski definition) is 4. The molecule has 0 saturated carbocycles. The molecule has 0 amide bonds. The maximum Gasteiger partial charge on any atom is 2.00 e. The van der Waals surface area contributed by atoms with Crippen molar-refractivity contribution in [3.05, 3.63) is 17.7 Å². The van der Waals surface area contributed by atoms with E-state index in [0.717, 1.165) is 12.1 Å². The van der Waals surface area contributed by atoms with Gasteiger partial charge in [0.1, 0.15) is 0 Å². The Bertz CT molecular complexity index is 552. The predicted molar refractivity (Wildman–Crippen MR) is 70.9 cm³/mol. The van der Waals surface area contributed by atoms with Gasteiger partial charge >= 0.3 is 119 Å². The summed E-state index contributed by atoms with van der Waals surface area (Å²) in [6, 6.07) is 1.69. The Balaban J connectivity index is -0.0000000882. The summed E-state index contributed by atoms with van der Waals surface area (Å²) >= 11 is 0. The molecule has 0 aromatic heterocycles. The molecule has 0 aliphatic carbocycles. The van der Waals surface area contributed by atoms with E-state index in [1.54, 1.807) is 0 Å². The van der Waals surface area contributed by atoms with Crippen LogP contribution >= 0.6 is 15.6 Å². The number of phosphoric acid groups is 2. The number of rotatable bonds is 1. The smallest absolute Gasteiger partial charge is 0.822 e. The fraction of sp³-hybridized carbons (Fsp3) is 0. The van der Waals surface area contributed by atoms with Crippen molar-refractivity contribution >= 4 is 135 Å². The predicted octanol–water partition coefficient (Wildman–Crippen LogP) is -6.29. The molecule has 0 aliphatic rings. The molecule has 0 bridgehead atoms. The summed E-state index contributed by atoms with van der Waals surface area (Å²) in [5.41, 5.74) is -0.289. The average Bonchev–Trinajstić information content (AvgIpc) is 2.20. The van der Waals surface area contributed by atoms with Crippen LogP contribution in [0.3, 0.4) is 0 Å². The summed E-state index contributed by atoms with van der Waals surface area (Å²) in [6.07, 6.45) is 0. The van der Waals surface area contributed by atoms with E-state index in [9.17, 15) is 4.79 Å². The Labute approximate surface area is 229 Å². The molecule has 0 spiro atoms. The summed E-state index contributed by atoms with van der Waals surface area (Å²) < 4.78 is 17.1. The van der Waals surface area contributed by atoms with Crippen molar-refractivity contribution in [2.24, 2.45) is 0 Å².